The number of hydrogen-bond donors (Lipinski definition) is 2. The van der Waals surface area contributed by atoms with Gasteiger partial charge in [0.25, 0.3) is 5.95 Å². The van der Waals surface area contributed by atoms with Gasteiger partial charge in [0.05, 0.1) is 23.6 Å². The number of anilines is 3. The van der Waals surface area contributed by atoms with E-state index in [-0.39, 0.29) is 52.3 Å². The second kappa shape index (κ2) is 17.5. The molecule has 0 radical (unpaired) electrons. The van der Waals surface area contributed by atoms with Crippen LogP contribution in [0.5, 0.6) is 5.75 Å². The summed E-state index contributed by atoms with van der Waals surface area (Å²) in [5.41, 5.74) is 3.18. The van der Waals surface area contributed by atoms with Crippen molar-refractivity contribution in [2.24, 2.45) is 5.92 Å². The van der Waals surface area contributed by atoms with Gasteiger partial charge in [0.15, 0.2) is 15.5 Å². The van der Waals surface area contributed by atoms with Gasteiger partial charge < -0.3 is 24.8 Å². The van der Waals surface area contributed by atoms with Gasteiger partial charge in [-0.15, -0.1) is 17.5 Å². The van der Waals surface area contributed by atoms with Crippen LogP contribution in [-0.4, -0.2) is 74.2 Å². The van der Waals surface area contributed by atoms with Crippen LogP contribution >= 0.6 is 12.4 Å². The highest BCUT2D eigenvalue weighted by Gasteiger charge is 2.29. The first-order chi connectivity index (χ1) is 25.2. The highest BCUT2D eigenvalue weighted by Crippen LogP contribution is 2.35. The Hall–Kier alpha value is -5.58. The van der Waals surface area contributed by atoms with Crippen LogP contribution in [0.1, 0.15) is 32.3 Å². The number of carbonyl (C=O) groups is 3. The first-order valence-corrected chi connectivity index (χ1v) is 18.3. The molecule has 2 amide bonds. The Labute approximate surface area is 318 Å². The molecule has 5 rings (SSSR count). The standard InChI is InChI=1S/C37H39FN6O8S.ClH/c1-22(2)33(39-4)35(46)51-21-52-37(47)44(30-17-16-29(53(6,48)49)19-31(30)50-5)36-41-32-18-11-26(20-43(32)42-36)25-9-14-28(15-10-25)40-34(45)23(3)24-7-12-27(38)13-8-24;/h7-20,22-23,33,39H,21H2,1-6H3,(H,40,45);1H/t23-,33+;/m1./s1. The molecule has 0 spiro atoms. The van der Waals surface area contributed by atoms with Gasteiger partial charge in [-0.3, -0.25) is 9.59 Å². The van der Waals surface area contributed by atoms with Crippen LogP contribution in [0, 0.1) is 11.7 Å². The Morgan fingerprint density at radius 1 is 0.926 bits per heavy atom. The van der Waals surface area contributed by atoms with E-state index in [9.17, 15) is 27.2 Å². The van der Waals surface area contributed by atoms with Gasteiger partial charge in [-0.25, -0.2) is 27.0 Å². The van der Waals surface area contributed by atoms with Crippen molar-refractivity contribution in [1.82, 2.24) is 19.9 Å². The Morgan fingerprint density at radius 2 is 1.59 bits per heavy atom. The molecule has 54 heavy (non-hydrogen) atoms. The third-order valence-corrected chi connectivity index (χ3v) is 9.50. The molecular weight excluding hydrogens is 743 g/mol. The van der Waals surface area contributed by atoms with E-state index in [1.54, 1.807) is 56.6 Å². The maximum Gasteiger partial charge on any atom is 0.424 e. The number of methoxy groups -OCH3 is 1. The van der Waals surface area contributed by atoms with Crippen molar-refractivity contribution >= 4 is 63.2 Å². The van der Waals surface area contributed by atoms with E-state index in [4.69, 9.17) is 14.2 Å². The summed E-state index contributed by atoms with van der Waals surface area (Å²) >= 11 is 0. The summed E-state index contributed by atoms with van der Waals surface area (Å²) in [7, 11) is -0.703. The van der Waals surface area contributed by atoms with Gasteiger partial charge in [-0.2, -0.15) is 4.98 Å². The summed E-state index contributed by atoms with van der Waals surface area (Å²) in [5, 5.41) is 10.3. The number of benzene rings is 3. The fraction of sp³-hybridized carbons (Fsp3) is 0.270. The SMILES string of the molecule is CN[C@H](C(=O)OCOC(=O)N(c1nc2ccc(-c3ccc(NC(=O)[C@H](C)c4ccc(F)cc4)cc3)cn2n1)c1ccc(S(C)(=O)=O)cc1OC)C(C)C.Cl. The molecule has 2 N–H and O–H groups in total. The minimum absolute atomic E-state index is 0. The lowest BCUT2D eigenvalue weighted by molar-refractivity contribution is -0.155. The summed E-state index contributed by atoms with van der Waals surface area (Å²) in [6, 6.07) is 19.7. The zero-order valence-electron chi connectivity index (χ0n) is 30.3. The van der Waals surface area contributed by atoms with Crippen LogP contribution < -0.4 is 20.3 Å². The van der Waals surface area contributed by atoms with E-state index < -0.39 is 40.7 Å². The lowest BCUT2D eigenvalue weighted by Gasteiger charge is -2.22. The van der Waals surface area contributed by atoms with E-state index >= 15 is 0 Å². The molecule has 0 aliphatic heterocycles. The van der Waals surface area contributed by atoms with Crippen LogP contribution in [0.3, 0.4) is 0 Å². The fourth-order valence-electron chi connectivity index (χ4n) is 5.41. The lowest BCUT2D eigenvalue weighted by Crippen LogP contribution is -2.40. The topological polar surface area (TPSA) is 171 Å². The molecule has 3 aromatic carbocycles. The van der Waals surface area contributed by atoms with Gasteiger partial charge in [-0.05, 0) is 79.5 Å². The number of pyridine rings is 1. The van der Waals surface area contributed by atoms with Gasteiger partial charge >= 0.3 is 12.1 Å². The van der Waals surface area contributed by atoms with Gasteiger partial charge in [-0.1, -0.05) is 38.1 Å². The van der Waals surface area contributed by atoms with Crippen molar-refractivity contribution in [2.45, 2.75) is 37.6 Å². The maximum absolute atomic E-state index is 13.6. The summed E-state index contributed by atoms with van der Waals surface area (Å²) in [4.78, 5) is 44.5. The van der Waals surface area contributed by atoms with E-state index in [0.29, 0.717) is 16.9 Å². The number of amides is 2. The number of fused-ring (bicyclic) bond motifs is 1. The molecule has 2 heterocycles. The second-order valence-corrected chi connectivity index (χ2v) is 14.4. The largest absolute Gasteiger partial charge is 0.495 e. The molecule has 17 heteroatoms. The van der Waals surface area contributed by atoms with Crippen LogP contribution in [0.4, 0.5) is 26.5 Å². The summed E-state index contributed by atoms with van der Waals surface area (Å²) < 4.78 is 55.3. The molecule has 0 aliphatic carbocycles. The second-order valence-electron chi connectivity index (χ2n) is 12.4. The van der Waals surface area contributed by atoms with Crippen molar-refractivity contribution in [3.05, 3.63) is 96.4 Å². The number of carbonyl (C=O) groups excluding carboxylic acids is 3. The molecule has 0 aliphatic rings. The summed E-state index contributed by atoms with van der Waals surface area (Å²) in [6.07, 6.45) is 1.70. The number of rotatable bonds is 13. The molecule has 2 aromatic heterocycles. The third-order valence-electron chi connectivity index (χ3n) is 8.39. The zero-order valence-corrected chi connectivity index (χ0v) is 31.9. The number of ether oxygens (including phenoxy) is 3. The number of sulfone groups is 1. The Morgan fingerprint density at radius 3 is 2.20 bits per heavy atom. The molecule has 14 nitrogen and oxygen atoms in total. The minimum Gasteiger partial charge on any atom is -0.495 e. The number of esters is 1. The average Bonchev–Trinajstić information content (AvgIpc) is 3.54. The van der Waals surface area contributed by atoms with Crippen LogP contribution in [0.2, 0.25) is 0 Å². The maximum atomic E-state index is 13.6. The molecule has 286 valence electrons. The zero-order chi connectivity index (χ0) is 38.4. The highest BCUT2D eigenvalue weighted by atomic mass is 35.5. The number of hydrogen-bond acceptors (Lipinski definition) is 11. The van der Waals surface area contributed by atoms with E-state index in [0.717, 1.165) is 22.3 Å². The van der Waals surface area contributed by atoms with Crippen molar-refractivity contribution < 1.29 is 41.4 Å². The van der Waals surface area contributed by atoms with E-state index in [1.165, 1.54) is 42.0 Å². The number of likely N-dealkylation sites (N-methyl/N-ethyl adjacent to an activating group) is 1. The lowest BCUT2D eigenvalue weighted by atomic mass is 10.00. The Balaban J connectivity index is 0.00000650. The van der Waals surface area contributed by atoms with Crippen molar-refractivity contribution in [1.29, 1.82) is 0 Å². The van der Waals surface area contributed by atoms with Crippen molar-refractivity contribution in [3.63, 3.8) is 0 Å². The quantitative estimate of drug-likeness (QED) is 0.104. The predicted molar refractivity (Wildman–Crippen MR) is 202 cm³/mol. The molecular formula is C37H40ClFN6O8S. The van der Waals surface area contributed by atoms with Crippen LogP contribution in [0.15, 0.2) is 90.0 Å². The fourth-order valence-corrected chi connectivity index (χ4v) is 6.05. The van der Waals surface area contributed by atoms with Gasteiger partial charge in [0.2, 0.25) is 12.7 Å². The Bertz CT molecular complexity index is 2230. The number of nitrogens with zero attached hydrogens (tertiary/aromatic N) is 4. The highest BCUT2D eigenvalue weighted by molar-refractivity contribution is 7.90. The molecule has 0 saturated heterocycles. The molecule has 0 bridgehead atoms. The number of halogens is 2. The molecule has 0 unspecified atom stereocenters. The number of nitrogens with one attached hydrogen (secondary N) is 2. The first-order valence-electron chi connectivity index (χ1n) is 16.4. The monoisotopic (exact) mass is 782 g/mol. The van der Waals surface area contributed by atoms with Crippen LogP contribution in [-0.2, 0) is 28.9 Å². The molecule has 0 saturated carbocycles. The summed E-state index contributed by atoms with van der Waals surface area (Å²) in [5.74, 6) is -1.97. The normalized spacial score (nSPS) is 12.4. The predicted octanol–water partition coefficient (Wildman–Crippen LogP) is 6.13. The van der Waals surface area contributed by atoms with Crippen molar-refractivity contribution in [2.75, 3.05) is 37.4 Å². The molecule has 5 aromatic rings. The van der Waals surface area contributed by atoms with Crippen molar-refractivity contribution in [3.8, 4) is 16.9 Å². The van der Waals surface area contributed by atoms with Gasteiger partial charge in [0.1, 0.15) is 17.6 Å². The van der Waals surface area contributed by atoms with E-state index in [1.807, 2.05) is 26.0 Å². The molecule has 0 fully saturated rings. The summed E-state index contributed by atoms with van der Waals surface area (Å²) in [6.45, 7) is 4.68. The van der Waals surface area contributed by atoms with E-state index in [2.05, 4.69) is 20.7 Å². The Kier molecular flexibility index (Phi) is 13.3. The first kappa shape index (κ1) is 41.2. The molecule has 2 atom stereocenters. The number of aromatic nitrogens is 3. The van der Waals surface area contributed by atoms with Gasteiger partial charge in [0, 0.05) is 29.8 Å². The van der Waals surface area contributed by atoms with Crippen LogP contribution in [0.25, 0.3) is 16.8 Å². The average molecular weight is 783 g/mol. The third kappa shape index (κ3) is 9.50. The smallest absolute Gasteiger partial charge is 0.424 e. The minimum atomic E-state index is -3.63.